The van der Waals surface area contributed by atoms with E-state index < -0.39 is 0 Å². The summed E-state index contributed by atoms with van der Waals surface area (Å²) in [5.41, 5.74) is 1.58. The third kappa shape index (κ3) is 5.49. The van der Waals surface area contributed by atoms with Gasteiger partial charge in [0, 0.05) is 6.54 Å². The molecule has 7 heteroatoms. The molecule has 0 radical (unpaired) electrons. The third-order valence-corrected chi connectivity index (χ3v) is 5.50. The highest BCUT2D eigenvalue weighted by Gasteiger charge is 2.21. The first kappa shape index (κ1) is 23.2. The second kappa shape index (κ2) is 10.7. The molecule has 0 bridgehead atoms. The summed E-state index contributed by atoms with van der Waals surface area (Å²) in [7, 11) is 0. The van der Waals surface area contributed by atoms with Crippen LogP contribution in [0.4, 0.5) is 4.39 Å². The molecule has 1 N–H and O–H groups in total. The first-order valence-electron chi connectivity index (χ1n) is 11.3. The zero-order valence-corrected chi connectivity index (χ0v) is 19.0. The Labute approximate surface area is 197 Å². The Balaban J connectivity index is 1.58. The Kier molecular flexibility index (Phi) is 7.32. The normalized spacial score (nSPS) is 10.9. The number of benzene rings is 3. The van der Waals surface area contributed by atoms with Gasteiger partial charge in [-0.15, -0.1) is 0 Å². The molecule has 0 fully saturated rings. The minimum absolute atomic E-state index is 0.172. The molecular formula is C27H26FN3O3. The van der Waals surface area contributed by atoms with Gasteiger partial charge < -0.3 is 14.6 Å². The van der Waals surface area contributed by atoms with Gasteiger partial charge >= 0.3 is 0 Å². The Morgan fingerprint density at radius 1 is 1.03 bits per heavy atom. The minimum Gasteiger partial charge on any atom is -0.488 e. The van der Waals surface area contributed by atoms with Crippen LogP contribution in [-0.4, -0.2) is 27.3 Å². The topological polar surface area (TPSA) is 75.3 Å². The number of nitrogens with one attached hydrogen (secondary N) is 1. The average molecular weight is 460 g/mol. The highest BCUT2D eigenvalue weighted by atomic mass is 19.1. The number of hydrogen-bond acceptors (Lipinski definition) is 4. The van der Waals surface area contributed by atoms with Gasteiger partial charge in [0.25, 0.3) is 11.5 Å². The van der Waals surface area contributed by atoms with E-state index >= 15 is 0 Å². The van der Waals surface area contributed by atoms with Crippen molar-refractivity contribution in [1.82, 2.24) is 14.9 Å². The van der Waals surface area contributed by atoms with Crippen LogP contribution in [0.25, 0.3) is 10.9 Å². The number of para-hydroxylation sites is 2. The summed E-state index contributed by atoms with van der Waals surface area (Å²) in [6, 6.07) is 20.2. The van der Waals surface area contributed by atoms with E-state index in [4.69, 9.17) is 4.74 Å². The average Bonchev–Trinajstić information content (AvgIpc) is 2.86. The zero-order chi connectivity index (χ0) is 23.9. The molecule has 0 saturated heterocycles. The van der Waals surface area contributed by atoms with Gasteiger partial charge in [-0.05, 0) is 48.4 Å². The minimum atomic E-state index is -0.314. The number of aromatic amines is 1. The van der Waals surface area contributed by atoms with Crippen molar-refractivity contribution >= 4 is 16.8 Å². The van der Waals surface area contributed by atoms with Gasteiger partial charge in [-0.25, -0.2) is 9.37 Å². The lowest BCUT2D eigenvalue weighted by Crippen LogP contribution is -2.33. The van der Waals surface area contributed by atoms with E-state index in [1.165, 1.54) is 12.1 Å². The molecule has 0 saturated carbocycles. The third-order valence-electron chi connectivity index (χ3n) is 5.50. The second-order valence-corrected chi connectivity index (χ2v) is 8.02. The number of amides is 1. The van der Waals surface area contributed by atoms with E-state index in [1.54, 1.807) is 59.5 Å². The molecule has 1 amide bonds. The Morgan fingerprint density at radius 2 is 1.76 bits per heavy atom. The van der Waals surface area contributed by atoms with Crippen LogP contribution in [0.2, 0.25) is 0 Å². The standard InChI is InChI=1S/C27H26FN3O3/c1-2-3-16-31(17-25-29-23-10-6-4-8-21(23)26(32)30-25)27(33)22-9-5-7-11-24(22)34-18-19-12-14-20(28)15-13-19/h4-15H,2-3,16-18H2,1H3,(H,29,30,32). The number of hydrogen-bond donors (Lipinski definition) is 1. The molecule has 0 atom stereocenters. The molecule has 174 valence electrons. The molecule has 6 nitrogen and oxygen atoms in total. The van der Waals surface area contributed by atoms with Crippen LogP contribution in [0.3, 0.4) is 0 Å². The quantitative estimate of drug-likeness (QED) is 0.379. The smallest absolute Gasteiger partial charge is 0.258 e. The van der Waals surface area contributed by atoms with Crippen LogP contribution in [0.5, 0.6) is 5.75 Å². The molecule has 1 aromatic heterocycles. The highest BCUT2D eigenvalue weighted by Crippen LogP contribution is 2.22. The van der Waals surface area contributed by atoms with Gasteiger partial charge in [0.15, 0.2) is 0 Å². The Bertz CT molecular complexity index is 1340. The molecule has 34 heavy (non-hydrogen) atoms. The number of rotatable bonds is 9. The van der Waals surface area contributed by atoms with Crippen molar-refractivity contribution in [2.75, 3.05) is 6.54 Å². The van der Waals surface area contributed by atoms with Crippen molar-refractivity contribution < 1.29 is 13.9 Å². The summed E-state index contributed by atoms with van der Waals surface area (Å²) in [4.78, 5) is 35.1. The molecule has 4 aromatic rings. The van der Waals surface area contributed by atoms with Crippen LogP contribution in [0.15, 0.2) is 77.6 Å². The summed E-state index contributed by atoms with van der Waals surface area (Å²) in [6.07, 6.45) is 1.72. The maximum absolute atomic E-state index is 13.6. The number of unbranched alkanes of at least 4 members (excludes halogenated alkanes) is 1. The predicted octanol–water partition coefficient (Wildman–Crippen LogP) is 5.08. The Hall–Kier alpha value is -4.00. The van der Waals surface area contributed by atoms with E-state index in [-0.39, 0.29) is 30.4 Å². The number of ether oxygens (including phenoxy) is 1. The van der Waals surface area contributed by atoms with Crippen LogP contribution >= 0.6 is 0 Å². The number of halogens is 1. The van der Waals surface area contributed by atoms with Crippen LogP contribution in [-0.2, 0) is 13.2 Å². The lowest BCUT2D eigenvalue weighted by molar-refractivity contribution is 0.0731. The van der Waals surface area contributed by atoms with Crippen molar-refractivity contribution in [1.29, 1.82) is 0 Å². The summed E-state index contributed by atoms with van der Waals surface area (Å²) in [5, 5.41) is 0.511. The van der Waals surface area contributed by atoms with Gasteiger partial charge in [0.1, 0.15) is 24.0 Å². The van der Waals surface area contributed by atoms with E-state index in [2.05, 4.69) is 16.9 Å². The number of H-pyrrole nitrogens is 1. The number of aromatic nitrogens is 2. The highest BCUT2D eigenvalue weighted by molar-refractivity contribution is 5.97. The predicted molar refractivity (Wildman–Crippen MR) is 129 cm³/mol. The fourth-order valence-electron chi connectivity index (χ4n) is 3.67. The summed E-state index contributed by atoms with van der Waals surface area (Å²) in [5.74, 6) is 0.348. The SMILES string of the molecule is CCCCN(Cc1nc2ccccc2c(=O)[nH]1)C(=O)c1ccccc1OCc1ccc(F)cc1. The summed E-state index contributed by atoms with van der Waals surface area (Å²) in [6.45, 7) is 2.95. The van der Waals surface area contributed by atoms with Crippen molar-refractivity contribution in [2.45, 2.75) is 32.9 Å². The van der Waals surface area contributed by atoms with E-state index in [9.17, 15) is 14.0 Å². The number of carbonyl (C=O) groups is 1. The molecule has 3 aromatic carbocycles. The zero-order valence-electron chi connectivity index (χ0n) is 19.0. The first-order valence-corrected chi connectivity index (χ1v) is 11.3. The van der Waals surface area contributed by atoms with E-state index in [1.807, 2.05) is 6.07 Å². The van der Waals surface area contributed by atoms with Gasteiger partial charge in [-0.3, -0.25) is 9.59 Å². The fourth-order valence-corrected chi connectivity index (χ4v) is 3.67. The van der Waals surface area contributed by atoms with Crippen molar-refractivity contribution in [3.63, 3.8) is 0 Å². The largest absolute Gasteiger partial charge is 0.488 e. The van der Waals surface area contributed by atoms with Gasteiger partial charge in [0.05, 0.1) is 23.0 Å². The Morgan fingerprint density at radius 3 is 2.56 bits per heavy atom. The van der Waals surface area contributed by atoms with Gasteiger partial charge in [-0.1, -0.05) is 49.7 Å². The molecule has 1 heterocycles. The summed E-state index contributed by atoms with van der Waals surface area (Å²) >= 11 is 0. The molecule has 0 aliphatic carbocycles. The number of fused-ring (bicyclic) bond motifs is 1. The first-order chi connectivity index (χ1) is 16.5. The summed E-state index contributed by atoms with van der Waals surface area (Å²) < 4.78 is 19.1. The number of carbonyl (C=O) groups excluding carboxylic acids is 1. The molecule has 0 unspecified atom stereocenters. The van der Waals surface area contributed by atoms with Crippen LogP contribution in [0, 0.1) is 5.82 Å². The molecule has 0 aliphatic rings. The van der Waals surface area contributed by atoms with Crippen LogP contribution < -0.4 is 10.3 Å². The maximum Gasteiger partial charge on any atom is 0.258 e. The van der Waals surface area contributed by atoms with Crippen molar-refractivity contribution in [2.24, 2.45) is 0 Å². The fraction of sp³-hybridized carbons (Fsp3) is 0.222. The molecule has 0 aliphatic heterocycles. The monoisotopic (exact) mass is 459 g/mol. The van der Waals surface area contributed by atoms with E-state index in [0.29, 0.717) is 34.6 Å². The van der Waals surface area contributed by atoms with Crippen molar-refractivity contribution in [3.8, 4) is 5.75 Å². The number of nitrogens with zero attached hydrogens (tertiary/aromatic N) is 2. The second-order valence-electron chi connectivity index (χ2n) is 8.02. The lowest BCUT2D eigenvalue weighted by Gasteiger charge is -2.23. The van der Waals surface area contributed by atoms with Gasteiger partial charge in [-0.2, -0.15) is 0 Å². The van der Waals surface area contributed by atoms with Crippen molar-refractivity contribution in [3.05, 3.63) is 106 Å². The van der Waals surface area contributed by atoms with E-state index in [0.717, 1.165) is 18.4 Å². The molecule has 4 rings (SSSR count). The van der Waals surface area contributed by atoms with Crippen LogP contribution in [0.1, 0.15) is 41.5 Å². The van der Waals surface area contributed by atoms with Gasteiger partial charge in [0.2, 0.25) is 0 Å². The molecular weight excluding hydrogens is 433 g/mol. The lowest BCUT2D eigenvalue weighted by atomic mass is 10.1. The maximum atomic E-state index is 13.6. The molecule has 0 spiro atoms.